The highest BCUT2D eigenvalue weighted by Crippen LogP contribution is 2.21. The first-order valence-corrected chi connectivity index (χ1v) is 14.5. The van der Waals surface area contributed by atoms with E-state index in [1.807, 2.05) is 4.72 Å². The van der Waals surface area contributed by atoms with Crippen LogP contribution in [0.5, 0.6) is 0 Å². The molecular formula is C29H27ClFN5O4S. The summed E-state index contributed by atoms with van der Waals surface area (Å²) in [7, 11) is -4.23. The molecule has 0 spiro atoms. The maximum atomic E-state index is 13.7. The Balaban J connectivity index is 1.58. The van der Waals surface area contributed by atoms with E-state index in [0.717, 1.165) is 11.0 Å². The molecule has 1 atom stereocenters. The van der Waals surface area contributed by atoms with E-state index in [1.165, 1.54) is 41.4 Å². The van der Waals surface area contributed by atoms with Crippen molar-refractivity contribution in [2.45, 2.75) is 19.9 Å². The largest absolute Gasteiger partial charge is 0.312 e. The van der Waals surface area contributed by atoms with Gasteiger partial charge in [0, 0.05) is 24.6 Å². The van der Waals surface area contributed by atoms with E-state index < -0.39 is 33.6 Å². The summed E-state index contributed by atoms with van der Waals surface area (Å²) in [5.74, 6) is -3.54. The Labute approximate surface area is 242 Å². The lowest BCUT2D eigenvalue weighted by atomic mass is 9.99. The normalized spacial score (nSPS) is 12.3. The van der Waals surface area contributed by atoms with Gasteiger partial charge in [-0.1, -0.05) is 48.0 Å². The summed E-state index contributed by atoms with van der Waals surface area (Å²) in [4.78, 5) is 32.4. The average Bonchev–Trinajstić information content (AvgIpc) is 3.40. The van der Waals surface area contributed by atoms with Crippen molar-refractivity contribution in [3.8, 4) is 0 Å². The second-order valence-electron chi connectivity index (χ2n) is 9.08. The van der Waals surface area contributed by atoms with Crippen molar-refractivity contribution in [2.75, 3.05) is 11.4 Å². The molecule has 41 heavy (non-hydrogen) atoms. The summed E-state index contributed by atoms with van der Waals surface area (Å²) in [6.45, 7) is 2.23. The standard InChI is InChI=1S/C29H27ClFN5O4S/c1-2-36(25-11-9-24(31)10-12-25)29(38)26(28(37)34-41(39,40)15-14-21-6-4-3-5-7-21)16-23-18-33-35(20-23)19-22-8-13-27(30)32-17-22/h3-15,17-18,20,26H,2,16,19H2,1H3,(H,34,37). The lowest BCUT2D eigenvalue weighted by molar-refractivity contribution is -0.132. The number of hydrogen-bond acceptors (Lipinski definition) is 6. The molecule has 0 saturated heterocycles. The summed E-state index contributed by atoms with van der Waals surface area (Å²) in [6.07, 6.45) is 6.01. The molecule has 0 aliphatic carbocycles. The zero-order chi connectivity index (χ0) is 29.4. The number of hydrogen-bond donors (Lipinski definition) is 1. The number of aromatic nitrogens is 3. The van der Waals surface area contributed by atoms with Crippen LogP contribution in [0.15, 0.2) is 90.7 Å². The Kier molecular flexibility index (Phi) is 9.64. The number of carbonyl (C=O) groups excluding carboxylic acids is 2. The first kappa shape index (κ1) is 29.6. The van der Waals surface area contributed by atoms with Crippen LogP contribution in [0.1, 0.15) is 23.6 Å². The van der Waals surface area contributed by atoms with Crippen LogP contribution >= 0.6 is 11.6 Å². The topological polar surface area (TPSA) is 114 Å². The van der Waals surface area contributed by atoms with Crippen molar-refractivity contribution in [1.29, 1.82) is 0 Å². The Bertz CT molecular complexity index is 1630. The fraction of sp³-hybridized carbons (Fsp3) is 0.172. The van der Waals surface area contributed by atoms with Gasteiger partial charge in [-0.2, -0.15) is 5.10 Å². The molecule has 0 bridgehead atoms. The van der Waals surface area contributed by atoms with Crippen LogP contribution in [0.25, 0.3) is 6.08 Å². The van der Waals surface area contributed by atoms with E-state index in [1.54, 1.807) is 66.5 Å². The molecule has 1 N–H and O–H groups in total. The van der Waals surface area contributed by atoms with Gasteiger partial charge < -0.3 is 4.90 Å². The van der Waals surface area contributed by atoms with Crippen LogP contribution in [-0.4, -0.2) is 41.5 Å². The summed E-state index contributed by atoms with van der Waals surface area (Å²) >= 11 is 5.85. The Morgan fingerprint density at radius 1 is 1.05 bits per heavy atom. The minimum atomic E-state index is -4.23. The molecule has 0 saturated carbocycles. The first-order chi connectivity index (χ1) is 19.6. The van der Waals surface area contributed by atoms with Crippen LogP contribution in [0.3, 0.4) is 0 Å². The Morgan fingerprint density at radius 2 is 1.78 bits per heavy atom. The lowest BCUT2D eigenvalue weighted by Gasteiger charge is -2.25. The van der Waals surface area contributed by atoms with Crippen molar-refractivity contribution in [3.63, 3.8) is 0 Å². The maximum Gasteiger partial charge on any atom is 0.257 e. The van der Waals surface area contributed by atoms with Gasteiger partial charge >= 0.3 is 0 Å². The summed E-state index contributed by atoms with van der Waals surface area (Å²) in [5, 5.41) is 5.54. The van der Waals surface area contributed by atoms with Crippen molar-refractivity contribution in [3.05, 3.63) is 118 Å². The number of rotatable bonds is 11. The smallest absolute Gasteiger partial charge is 0.257 e. The molecule has 9 nitrogen and oxygen atoms in total. The van der Waals surface area contributed by atoms with Crippen molar-refractivity contribution in [1.82, 2.24) is 19.5 Å². The molecule has 0 radical (unpaired) electrons. The van der Waals surface area contributed by atoms with Crippen LogP contribution in [0, 0.1) is 11.7 Å². The van der Waals surface area contributed by atoms with Crippen LogP contribution < -0.4 is 9.62 Å². The predicted octanol–water partition coefficient (Wildman–Crippen LogP) is 4.45. The molecule has 1 unspecified atom stereocenters. The summed E-state index contributed by atoms with van der Waals surface area (Å²) in [6, 6.07) is 17.4. The van der Waals surface area contributed by atoms with Gasteiger partial charge in [0.15, 0.2) is 0 Å². The quantitative estimate of drug-likeness (QED) is 0.202. The van der Waals surface area contributed by atoms with Gasteiger partial charge in [-0.25, -0.2) is 22.5 Å². The number of pyridine rings is 1. The van der Waals surface area contributed by atoms with E-state index in [2.05, 4.69) is 10.1 Å². The predicted molar refractivity (Wildman–Crippen MR) is 155 cm³/mol. The molecule has 0 aliphatic rings. The second kappa shape index (κ2) is 13.3. The van der Waals surface area contributed by atoms with E-state index in [-0.39, 0.29) is 13.0 Å². The second-order valence-corrected chi connectivity index (χ2v) is 11.0. The molecule has 212 valence electrons. The minimum Gasteiger partial charge on any atom is -0.312 e. The molecular weight excluding hydrogens is 569 g/mol. The monoisotopic (exact) mass is 595 g/mol. The number of nitrogens with one attached hydrogen (secondary N) is 1. The van der Waals surface area contributed by atoms with E-state index in [9.17, 15) is 22.4 Å². The third kappa shape index (κ3) is 8.32. The highest BCUT2D eigenvalue weighted by Gasteiger charge is 2.33. The van der Waals surface area contributed by atoms with Gasteiger partial charge in [0.2, 0.25) is 11.8 Å². The number of anilines is 1. The number of sulfonamides is 1. The van der Waals surface area contributed by atoms with Crippen molar-refractivity contribution >= 4 is 45.2 Å². The number of amides is 2. The van der Waals surface area contributed by atoms with Crippen molar-refractivity contribution in [2.24, 2.45) is 5.92 Å². The van der Waals surface area contributed by atoms with Gasteiger partial charge in [-0.05, 0) is 66.4 Å². The first-order valence-electron chi connectivity index (χ1n) is 12.6. The number of carbonyl (C=O) groups is 2. The molecule has 2 aromatic heterocycles. The number of halogens is 2. The van der Waals surface area contributed by atoms with Crippen molar-refractivity contribution < 1.29 is 22.4 Å². The summed E-state index contributed by atoms with van der Waals surface area (Å²) in [5.41, 5.74) is 2.36. The molecule has 2 heterocycles. The zero-order valence-corrected chi connectivity index (χ0v) is 23.6. The van der Waals surface area contributed by atoms with Crippen LogP contribution in [-0.2, 0) is 32.6 Å². The van der Waals surface area contributed by atoms with E-state index in [4.69, 9.17) is 11.6 Å². The van der Waals surface area contributed by atoms with Gasteiger partial charge in [0.25, 0.3) is 10.0 Å². The molecule has 0 aliphatic heterocycles. The summed E-state index contributed by atoms with van der Waals surface area (Å²) < 4.78 is 42.7. The Hall–Kier alpha value is -4.35. The van der Waals surface area contributed by atoms with E-state index >= 15 is 0 Å². The maximum absolute atomic E-state index is 13.7. The lowest BCUT2D eigenvalue weighted by Crippen LogP contribution is -2.46. The zero-order valence-electron chi connectivity index (χ0n) is 22.0. The van der Waals surface area contributed by atoms with Gasteiger partial charge in [-0.15, -0.1) is 0 Å². The molecule has 2 aromatic carbocycles. The average molecular weight is 596 g/mol. The molecule has 4 rings (SSSR count). The van der Waals surface area contributed by atoms with Gasteiger partial charge in [0.05, 0.1) is 18.1 Å². The highest BCUT2D eigenvalue weighted by atomic mass is 35.5. The number of nitrogens with zero attached hydrogens (tertiary/aromatic N) is 4. The SMILES string of the molecule is CCN(C(=O)C(Cc1cnn(Cc2ccc(Cl)nc2)c1)C(=O)NS(=O)(=O)C=Cc1ccccc1)c1ccc(F)cc1. The van der Waals surface area contributed by atoms with E-state index in [0.29, 0.717) is 28.5 Å². The fourth-order valence-corrected chi connectivity index (χ4v) is 5.00. The third-order valence-electron chi connectivity index (χ3n) is 6.08. The van der Waals surface area contributed by atoms with Crippen LogP contribution in [0.2, 0.25) is 5.15 Å². The highest BCUT2D eigenvalue weighted by molar-refractivity contribution is 7.93. The van der Waals surface area contributed by atoms with Gasteiger partial charge in [0.1, 0.15) is 16.9 Å². The minimum absolute atomic E-state index is 0.126. The molecule has 0 fully saturated rings. The number of benzene rings is 2. The van der Waals surface area contributed by atoms with Crippen LogP contribution in [0.4, 0.5) is 10.1 Å². The fourth-order valence-electron chi connectivity index (χ4n) is 4.07. The third-order valence-corrected chi connectivity index (χ3v) is 7.28. The molecule has 12 heteroatoms. The Morgan fingerprint density at radius 3 is 2.44 bits per heavy atom. The molecule has 2 amide bonds. The van der Waals surface area contributed by atoms with Gasteiger partial charge in [-0.3, -0.25) is 14.3 Å². The molecule has 4 aromatic rings.